The number of anilines is 3. The molecule has 0 saturated heterocycles. The number of para-hydroxylation sites is 2. The first kappa shape index (κ1) is 27.0. The molecule has 0 aliphatic rings. The SMILES string of the molecule is CC(=O)c1ccc(NC(=O)O[C@@H](C/C=C/C(=O)Nc2ccccc2N)c2cccc(OCCO)c2)cc1. The smallest absolute Gasteiger partial charge is 0.412 e. The maximum Gasteiger partial charge on any atom is 0.412 e. The molecule has 1 atom stereocenters. The summed E-state index contributed by atoms with van der Waals surface area (Å²) in [6, 6.07) is 20.3. The summed E-state index contributed by atoms with van der Waals surface area (Å²) in [5.41, 5.74) is 8.42. The average molecular weight is 504 g/mol. The number of amides is 2. The third-order valence-corrected chi connectivity index (χ3v) is 5.22. The van der Waals surface area contributed by atoms with Gasteiger partial charge in [0.2, 0.25) is 5.91 Å². The van der Waals surface area contributed by atoms with Gasteiger partial charge in [-0.2, -0.15) is 0 Å². The number of benzene rings is 3. The van der Waals surface area contributed by atoms with Crippen molar-refractivity contribution in [3.05, 3.63) is 96.1 Å². The zero-order valence-corrected chi connectivity index (χ0v) is 20.3. The molecular formula is C28H29N3O6. The first-order valence-corrected chi connectivity index (χ1v) is 11.6. The number of nitrogens with two attached hydrogens (primary N) is 1. The van der Waals surface area contributed by atoms with Crippen LogP contribution in [0.25, 0.3) is 0 Å². The van der Waals surface area contributed by atoms with Crippen molar-refractivity contribution < 1.29 is 29.0 Å². The molecule has 0 spiro atoms. The van der Waals surface area contributed by atoms with E-state index in [4.69, 9.17) is 20.3 Å². The van der Waals surface area contributed by atoms with Crippen molar-refractivity contribution in [2.75, 3.05) is 29.6 Å². The molecule has 3 rings (SSSR count). The Bertz CT molecular complexity index is 1260. The van der Waals surface area contributed by atoms with Crippen molar-refractivity contribution in [3.63, 3.8) is 0 Å². The number of aliphatic hydroxyl groups excluding tert-OH is 1. The second-order valence-corrected chi connectivity index (χ2v) is 8.01. The number of hydrogen-bond donors (Lipinski definition) is 4. The summed E-state index contributed by atoms with van der Waals surface area (Å²) >= 11 is 0. The zero-order chi connectivity index (χ0) is 26.6. The molecule has 37 heavy (non-hydrogen) atoms. The van der Waals surface area contributed by atoms with Crippen molar-refractivity contribution in [3.8, 4) is 5.75 Å². The third-order valence-electron chi connectivity index (χ3n) is 5.22. The molecule has 0 fully saturated rings. The van der Waals surface area contributed by atoms with Crippen LogP contribution in [-0.2, 0) is 9.53 Å². The van der Waals surface area contributed by atoms with Crippen molar-refractivity contribution in [2.45, 2.75) is 19.4 Å². The van der Waals surface area contributed by atoms with Crippen LogP contribution in [0.3, 0.4) is 0 Å². The molecule has 3 aromatic rings. The van der Waals surface area contributed by atoms with Gasteiger partial charge in [-0.3, -0.25) is 14.9 Å². The van der Waals surface area contributed by atoms with Crippen LogP contribution in [0.5, 0.6) is 5.75 Å². The lowest BCUT2D eigenvalue weighted by Gasteiger charge is -2.18. The van der Waals surface area contributed by atoms with Crippen molar-refractivity contribution in [2.24, 2.45) is 0 Å². The number of carbonyl (C=O) groups is 3. The third kappa shape index (κ3) is 8.52. The van der Waals surface area contributed by atoms with Crippen molar-refractivity contribution in [1.29, 1.82) is 0 Å². The summed E-state index contributed by atoms with van der Waals surface area (Å²) in [5.74, 6) is 0.0385. The fourth-order valence-corrected chi connectivity index (χ4v) is 3.37. The predicted octanol–water partition coefficient (Wildman–Crippen LogP) is 4.72. The fraction of sp³-hybridized carbons (Fsp3) is 0.179. The minimum Gasteiger partial charge on any atom is -0.491 e. The van der Waals surface area contributed by atoms with Crippen LogP contribution < -0.4 is 21.1 Å². The van der Waals surface area contributed by atoms with Crippen LogP contribution >= 0.6 is 0 Å². The van der Waals surface area contributed by atoms with Gasteiger partial charge in [0.15, 0.2) is 5.78 Å². The number of nitrogens with one attached hydrogen (secondary N) is 2. The number of ether oxygens (including phenoxy) is 2. The van der Waals surface area contributed by atoms with Gasteiger partial charge in [-0.15, -0.1) is 0 Å². The molecule has 3 aromatic carbocycles. The predicted molar refractivity (Wildman–Crippen MR) is 142 cm³/mol. The maximum atomic E-state index is 12.7. The Morgan fingerprint density at radius 3 is 2.46 bits per heavy atom. The Morgan fingerprint density at radius 1 is 1.00 bits per heavy atom. The Morgan fingerprint density at radius 2 is 1.76 bits per heavy atom. The highest BCUT2D eigenvalue weighted by Gasteiger charge is 2.17. The Labute approximate surface area is 214 Å². The molecule has 0 radical (unpaired) electrons. The van der Waals surface area contributed by atoms with Gasteiger partial charge < -0.3 is 25.6 Å². The highest BCUT2D eigenvalue weighted by molar-refractivity contribution is 6.01. The molecule has 192 valence electrons. The van der Waals surface area contributed by atoms with Crippen LogP contribution in [0.15, 0.2) is 84.9 Å². The molecule has 2 amide bonds. The van der Waals surface area contributed by atoms with E-state index in [1.165, 1.54) is 13.0 Å². The molecule has 0 aromatic heterocycles. The van der Waals surface area contributed by atoms with E-state index in [0.717, 1.165) is 0 Å². The lowest BCUT2D eigenvalue weighted by atomic mass is 10.1. The van der Waals surface area contributed by atoms with Gasteiger partial charge in [0, 0.05) is 17.7 Å². The monoisotopic (exact) mass is 503 g/mol. The van der Waals surface area contributed by atoms with Gasteiger partial charge >= 0.3 is 6.09 Å². The molecule has 0 bridgehead atoms. The minimum absolute atomic E-state index is 0.0803. The normalized spacial score (nSPS) is 11.5. The second-order valence-electron chi connectivity index (χ2n) is 8.01. The molecule has 0 aliphatic heterocycles. The lowest BCUT2D eigenvalue weighted by molar-refractivity contribution is -0.111. The minimum atomic E-state index is -0.750. The number of hydrogen-bond acceptors (Lipinski definition) is 7. The molecule has 5 N–H and O–H groups in total. The van der Waals surface area contributed by atoms with E-state index in [1.807, 2.05) is 0 Å². The summed E-state index contributed by atoms with van der Waals surface area (Å²) in [5, 5.41) is 14.4. The Balaban J connectivity index is 1.71. The lowest BCUT2D eigenvalue weighted by Crippen LogP contribution is -2.18. The van der Waals surface area contributed by atoms with E-state index in [0.29, 0.717) is 33.9 Å². The van der Waals surface area contributed by atoms with E-state index in [1.54, 1.807) is 78.9 Å². The van der Waals surface area contributed by atoms with Gasteiger partial charge in [0.25, 0.3) is 0 Å². The standard InChI is InChI=1S/C28H29N3O6/c1-19(33)20-12-14-22(15-13-20)30-28(35)37-26(21-6-4-7-23(18-21)36-17-16-32)10-5-11-27(34)31-25-9-3-2-8-24(25)29/h2-9,11-15,18,26,32H,10,16-17,29H2,1H3,(H,30,35)(H,31,34)/b11-5+/t26-/m0/s1. The summed E-state index contributed by atoms with van der Waals surface area (Å²) in [7, 11) is 0. The highest BCUT2D eigenvalue weighted by Crippen LogP contribution is 2.26. The first-order chi connectivity index (χ1) is 17.9. The Kier molecular flexibility index (Phi) is 9.81. The van der Waals surface area contributed by atoms with Crippen LogP contribution in [0.2, 0.25) is 0 Å². The van der Waals surface area contributed by atoms with Crippen LogP contribution in [0, 0.1) is 0 Å². The quantitative estimate of drug-likeness (QED) is 0.169. The molecule has 0 saturated carbocycles. The second kappa shape index (κ2) is 13.5. The number of nitrogen functional groups attached to an aromatic ring is 1. The molecule has 0 heterocycles. The van der Waals surface area contributed by atoms with E-state index in [2.05, 4.69) is 10.6 Å². The van der Waals surface area contributed by atoms with Gasteiger partial charge in [-0.05, 0) is 67.1 Å². The van der Waals surface area contributed by atoms with E-state index >= 15 is 0 Å². The maximum absolute atomic E-state index is 12.7. The van der Waals surface area contributed by atoms with Crippen LogP contribution in [0.1, 0.15) is 35.4 Å². The average Bonchev–Trinajstić information content (AvgIpc) is 2.88. The van der Waals surface area contributed by atoms with E-state index in [9.17, 15) is 14.4 Å². The molecule has 0 aliphatic carbocycles. The molecule has 9 nitrogen and oxygen atoms in total. The van der Waals surface area contributed by atoms with Gasteiger partial charge in [0.1, 0.15) is 18.5 Å². The fourth-order valence-electron chi connectivity index (χ4n) is 3.37. The van der Waals surface area contributed by atoms with Gasteiger partial charge in [-0.1, -0.05) is 30.3 Å². The molecule has 9 heteroatoms. The topological polar surface area (TPSA) is 140 Å². The number of ketones is 1. The van der Waals surface area contributed by atoms with Crippen LogP contribution in [-0.4, -0.2) is 36.1 Å². The molecular weight excluding hydrogens is 474 g/mol. The van der Waals surface area contributed by atoms with E-state index < -0.39 is 12.2 Å². The number of rotatable bonds is 11. The van der Waals surface area contributed by atoms with Crippen molar-refractivity contribution >= 4 is 34.8 Å². The van der Waals surface area contributed by atoms with Gasteiger partial charge in [0.05, 0.1) is 18.0 Å². The summed E-state index contributed by atoms with van der Waals surface area (Å²) < 4.78 is 11.1. The van der Waals surface area contributed by atoms with Gasteiger partial charge in [-0.25, -0.2) is 4.79 Å². The largest absolute Gasteiger partial charge is 0.491 e. The summed E-state index contributed by atoms with van der Waals surface area (Å²) in [4.78, 5) is 36.5. The van der Waals surface area contributed by atoms with Crippen molar-refractivity contribution in [1.82, 2.24) is 0 Å². The zero-order valence-electron chi connectivity index (χ0n) is 20.3. The molecule has 0 unspecified atom stereocenters. The Hall–Kier alpha value is -4.63. The van der Waals surface area contributed by atoms with Crippen LogP contribution in [0.4, 0.5) is 21.9 Å². The highest BCUT2D eigenvalue weighted by atomic mass is 16.6. The summed E-state index contributed by atoms with van der Waals surface area (Å²) in [6.07, 6.45) is 1.66. The van der Waals surface area contributed by atoms with E-state index in [-0.39, 0.29) is 31.3 Å². The number of Topliss-reactive ketones (excluding diaryl/α,β-unsaturated/α-hetero) is 1. The number of aliphatic hydroxyl groups is 1. The summed E-state index contributed by atoms with van der Waals surface area (Å²) in [6.45, 7) is 1.44. The first-order valence-electron chi connectivity index (χ1n) is 11.6. The number of carbonyl (C=O) groups excluding carboxylic acids is 3.